The average molecular weight is 761 g/mol. The topological polar surface area (TPSA) is 162 Å². The lowest BCUT2D eigenvalue weighted by atomic mass is 9.92. The van der Waals surface area contributed by atoms with Gasteiger partial charge in [0.15, 0.2) is 0 Å². The van der Waals surface area contributed by atoms with Crippen molar-refractivity contribution in [1.29, 1.82) is 0 Å². The van der Waals surface area contributed by atoms with E-state index >= 15 is 0 Å². The number of nitrogens with one attached hydrogen (secondary N) is 4. The molecule has 0 fully saturated rings. The van der Waals surface area contributed by atoms with Crippen molar-refractivity contribution in [3.8, 4) is 0 Å². The highest BCUT2D eigenvalue weighted by atomic mass is 32.1. The molecule has 2 aromatic heterocycles. The van der Waals surface area contributed by atoms with Crippen molar-refractivity contribution in [1.82, 2.24) is 31.2 Å². The summed E-state index contributed by atoms with van der Waals surface area (Å²) in [6.07, 6.45) is -0.287. The van der Waals surface area contributed by atoms with Gasteiger partial charge in [0.25, 0.3) is 11.8 Å². The summed E-state index contributed by atoms with van der Waals surface area (Å²) in [5.74, 6) is -2.03. The van der Waals surface area contributed by atoms with Crippen LogP contribution in [0.1, 0.15) is 86.0 Å². The minimum Gasteiger partial charge on any atom is -0.391 e. The van der Waals surface area contributed by atoms with Crippen molar-refractivity contribution in [2.75, 3.05) is 0 Å². The Bertz CT molecular complexity index is 1840. The number of hydrogen-bond donors (Lipinski definition) is 5. The van der Waals surface area contributed by atoms with E-state index in [-0.39, 0.29) is 36.0 Å². The van der Waals surface area contributed by atoms with Crippen LogP contribution in [0.5, 0.6) is 0 Å². The number of thiazole rings is 2. The number of amides is 4. The predicted molar refractivity (Wildman–Crippen MR) is 210 cm³/mol. The molecule has 13 heteroatoms. The molecule has 4 rings (SSSR count). The van der Waals surface area contributed by atoms with Crippen LogP contribution in [-0.4, -0.2) is 69.0 Å². The molecule has 0 bridgehead atoms. The van der Waals surface area contributed by atoms with E-state index in [4.69, 9.17) is 0 Å². The van der Waals surface area contributed by atoms with Gasteiger partial charge in [-0.05, 0) is 69.9 Å². The molecule has 0 aliphatic carbocycles. The van der Waals surface area contributed by atoms with Crippen LogP contribution < -0.4 is 21.3 Å². The Morgan fingerprint density at radius 3 is 1.43 bits per heavy atom. The first-order valence-corrected chi connectivity index (χ1v) is 19.6. The number of aromatic nitrogens is 2. The number of aryl methyl sites for hydroxylation is 4. The minimum atomic E-state index is -1.10. The fourth-order valence-corrected chi connectivity index (χ4v) is 7.88. The standard InChI is InChI=1S/C40H52N6O5S2/c1-22(2)33(45-39(50)35-24(5)41-26(7)52-35)37(48)43-30(19-28-15-11-9-12-16-28)21-32(47)31(20-29-17-13-10-14-18-29)44-38(49)34(23(3)4)46-40(51)36-25(6)42-27(8)53-36/h9-18,22-23,30-34,47H,19-21H2,1-8H3,(H,43,48)(H,44,49)(H,45,50)(H,46,51)/t30-,31-,32-,33-,34-/m0/s1. The number of carbonyl (C=O) groups is 4. The Morgan fingerprint density at radius 1 is 0.623 bits per heavy atom. The Balaban J connectivity index is 1.57. The van der Waals surface area contributed by atoms with Crippen molar-refractivity contribution in [2.45, 2.75) is 105 Å². The third-order valence-corrected chi connectivity index (χ3v) is 11.1. The van der Waals surface area contributed by atoms with E-state index in [2.05, 4.69) is 31.2 Å². The summed E-state index contributed by atoms with van der Waals surface area (Å²) < 4.78 is 0. The maximum atomic E-state index is 13.9. The second-order valence-corrected chi connectivity index (χ2v) is 16.6. The summed E-state index contributed by atoms with van der Waals surface area (Å²) in [7, 11) is 0. The summed E-state index contributed by atoms with van der Waals surface area (Å²) in [4.78, 5) is 64.0. The molecule has 11 nitrogen and oxygen atoms in total. The first-order chi connectivity index (χ1) is 25.1. The lowest BCUT2D eigenvalue weighted by Gasteiger charge is -2.31. The predicted octanol–water partition coefficient (Wildman–Crippen LogP) is 5.25. The third kappa shape index (κ3) is 11.8. The van der Waals surface area contributed by atoms with Crippen LogP contribution >= 0.6 is 22.7 Å². The fraction of sp³-hybridized carbons (Fsp3) is 0.450. The van der Waals surface area contributed by atoms with Gasteiger partial charge >= 0.3 is 0 Å². The van der Waals surface area contributed by atoms with Crippen LogP contribution in [0.15, 0.2) is 60.7 Å². The highest BCUT2D eigenvalue weighted by molar-refractivity contribution is 7.14. The minimum absolute atomic E-state index is 0.0996. The number of rotatable bonds is 17. The number of benzene rings is 2. The zero-order chi connectivity index (χ0) is 38.8. The van der Waals surface area contributed by atoms with E-state index in [1.54, 1.807) is 13.8 Å². The van der Waals surface area contributed by atoms with Gasteiger partial charge in [-0.25, -0.2) is 9.97 Å². The molecule has 53 heavy (non-hydrogen) atoms. The molecule has 5 atom stereocenters. The number of aliphatic hydroxyl groups excluding tert-OH is 1. The quantitative estimate of drug-likeness (QED) is 0.0983. The number of nitrogens with zero attached hydrogens (tertiary/aromatic N) is 2. The van der Waals surface area contributed by atoms with Gasteiger partial charge in [-0.1, -0.05) is 88.4 Å². The van der Waals surface area contributed by atoms with Gasteiger partial charge < -0.3 is 26.4 Å². The van der Waals surface area contributed by atoms with Gasteiger partial charge in [-0.2, -0.15) is 0 Å². The number of carbonyl (C=O) groups excluding carboxylic acids is 4. The van der Waals surface area contributed by atoms with Crippen LogP contribution in [0.25, 0.3) is 0 Å². The summed E-state index contributed by atoms with van der Waals surface area (Å²) in [5, 5.41) is 25.4. The van der Waals surface area contributed by atoms with Crippen molar-refractivity contribution in [3.63, 3.8) is 0 Å². The summed E-state index contributed by atoms with van der Waals surface area (Å²) in [6.45, 7) is 14.6. The Kier molecular flexibility index (Phi) is 14.8. The molecule has 0 radical (unpaired) electrons. The van der Waals surface area contributed by atoms with E-state index in [1.165, 1.54) is 22.7 Å². The fourth-order valence-electron chi connectivity index (χ4n) is 6.23. The molecule has 5 N–H and O–H groups in total. The SMILES string of the molecule is Cc1nc(C)c(C(=O)N[C@H](C(=O)N[C@@H](Cc2ccccc2)C[C@H](O)[C@H](Cc2ccccc2)NC(=O)[C@@H](NC(=O)c2sc(C)nc2C)C(C)C)C(C)C)s1. The lowest BCUT2D eigenvalue weighted by Crippen LogP contribution is -2.56. The average Bonchev–Trinajstić information content (AvgIpc) is 3.63. The second-order valence-electron chi connectivity index (χ2n) is 14.2. The Labute approximate surface area is 320 Å². The van der Waals surface area contributed by atoms with Crippen LogP contribution in [-0.2, 0) is 22.4 Å². The molecule has 4 aromatic rings. The molecule has 0 saturated heterocycles. The van der Waals surface area contributed by atoms with Gasteiger partial charge in [0.05, 0.1) is 33.5 Å². The molecule has 4 amide bonds. The molecule has 0 spiro atoms. The zero-order valence-electron chi connectivity index (χ0n) is 31.7. The molecular weight excluding hydrogens is 709 g/mol. The molecule has 2 heterocycles. The largest absolute Gasteiger partial charge is 0.391 e. The van der Waals surface area contributed by atoms with Crippen molar-refractivity contribution < 1.29 is 24.3 Å². The number of aliphatic hydroxyl groups is 1. The summed E-state index contributed by atoms with van der Waals surface area (Å²) in [5.41, 5.74) is 3.06. The molecule has 0 unspecified atom stereocenters. The Hall–Kier alpha value is -4.46. The smallest absolute Gasteiger partial charge is 0.263 e. The molecular formula is C40H52N6O5S2. The highest BCUT2D eigenvalue weighted by Crippen LogP contribution is 2.20. The van der Waals surface area contributed by atoms with Crippen LogP contribution in [0.3, 0.4) is 0 Å². The maximum absolute atomic E-state index is 13.9. The van der Waals surface area contributed by atoms with Crippen molar-refractivity contribution in [2.24, 2.45) is 11.8 Å². The molecule has 0 saturated carbocycles. The van der Waals surface area contributed by atoms with E-state index in [0.29, 0.717) is 34.0 Å². The highest BCUT2D eigenvalue weighted by Gasteiger charge is 2.33. The molecule has 0 aliphatic heterocycles. The zero-order valence-corrected chi connectivity index (χ0v) is 33.4. The Morgan fingerprint density at radius 2 is 1.04 bits per heavy atom. The van der Waals surface area contributed by atoms with Crippen LogP contribution in [0.4, 0.5) is 0 Å². The maximum Gasteiger partial charge on any atom is 0.263 e. The lowest BCUT2D eigenvalue weighted by molar-refractivity contribution is -0.126. The molecule has 2 aromatic carbocycles. The second kappa shape index (κ2) is 19.0. The van der Waals surface area contributed by atoms with Gasteiger partial charge in [0.1, 0.15) is 21.8 Å². The van der Waals surface area contributed by atoms with Crippen molar-refractivity contribution in [3.05, 3.63) is 103 Å². The van der Waals surface area contributed by atoms with Crippen LogP contribution in [0, 0.1) is 39.5 Å². The third-order valence-electron chi connectivity index (χ3n) is 8.98. The van der Waals surface area contributed by atoms with E-state index < -0.39 is 36.2 Å². The van der Waals surface area contributed by atoms with E-state index in [0.717, 1.165) is 21.1 Å². The van der Waals surface area contributed by atoms with Gasteiger partial charge in [-0.15, -0.1) is 22.7 Å². The number of hydrogen-bond acceptors (Lipinski definition) is 9. The normalized spacial score (nSPS) is 14.2. The van der Waals surface area contributed by atoms with E-state index in [1.807, 2.05) is 102 Å². The van der Waals surface area contributed by atoms with E-state index in [9.17, 15) is 24.3 Å². The van der Waals surface area contributed by atoms with Gasteiger partial charge in [-0.3, -0.25) is 19.2 Å². The molecule has 284 valence electrons. The van der Waals surface area contributed by atoms with Crippen molar-refractivity contribution >= 4 is 46.3 Å². The van der Waals surface area contributed by atoms with Gasteiger partial charge in [0.2, 0.25) is 11.8 Å². The first kappa shape index (κ1) is 41.3. The van der Waals surface area contributed by atoms with Gasteiger partial charge in [0, 0.05) is 6.04 Å². The first-order valence-electron chi connectivity index (χ1n) is 18.0. The van der Waals surface area contributed by atoms with Crippen LogP contribution in [0.2, 0.25) is 0 Å². The summed E-state index contributed by atoms with van der Waals surface area (Å²) in [6, 6.07) is 16.1. The molecule has 0 aliphatic rings. The summed E-state index contributed by atoms with van der Waals surface area (Å²) >= 11 is 2.55. The monoisotopic (exact) mass is 760 g/mol.